The number of aromatic nitrogens is 5. The predicted octanol–water partition coefficient (Wildman–Crippen LogP) is 5.45. The summed E-state index contributed by atoms with van der Waals surface area (Å²) in [7, 11) is 3.18. The maximum atomic E-state index is 14.2. The van der Waals surface area contributed by atoms with Gasteiger partial charge in [-0.15, -0.1) is 0 Å². The van der Waals surface area contributed by atoms with Crippen molar-refractivity contribution in [2.45, 2.75) is 26.3 Å². The number of hydrogen-bond donors (Lipinski definition) is 1. The number of hydrogen-bond acceptors (Lipinski definition) is 6. The van der Waals surface area contributed by atoms with Crippen LogP contribution in [0.3, 0.4) is 0 Å². The minimum Gasteiger partial charge on any atom is -0.378 e. The van der Waals surface area contributed by atoms with Gasteiger partial charge in [-0.1, -0.05) is 6.07 Å². The molecule has 0 unspecified atom stereocenters. The Kier molecular flexibility index (Phi) is 7.16. The Morgan fingerprint density at radius 2 is 1.59 bits per heavy atom. The molecular formula is C29H24F4N6O2. The van der Waals surface area contributed by atoms with Crippen molar-refractivity contribution in [2.24, 2.45) is 14.1 Å². The highest BCUT2D eigenvalue weighted by atomic mass is 19.3. The lowest BCUT2D eigenvalue weighted by Crippen LogP contribution is -2.20. The van der Waals surface area contributed by atoms with Crippen molar-refractivity contribution in [3.63, 3.8) is 0 Å². The molecule has 0 fully saturated rings. The summed E-state index contributed by atoms with van der Waals surface area (Å²) in [6.45, 7) is 3.47. The molecule has 3 heterocycles. The molecule has 0 saturated heterocycles. The summed E-state index contributed by atoms with van der Waals surface area (Å²) in [6, 6.07) is 6.46. The van der Waals surface area contributed by atoms with E-state index in [2.05, 4.69) is 20.3 Å². The first kappa shape index (κ1) is 27.7. The zero-order valence-corrected chi connectivity index (χ0v) is 22.4. The van der Waals surface area contributed by atoms with Crippen LogP contribution in [0.2, 0.25) is 0 Å². The normalized spacial score (nSPS) is 12.2. The highest BCUT2D eigenvalue weighted by Gasteiger charge is 2.24. The minimum atomic E-state index is -3.24. The van der Waals surface area contributed by atoms with E-state index < -0.39 is 29.7 Å². The van der Waals surface area contributed by atoms with Gasteiger partial charge in [-0.25, -0.2) is 27.5 Å². The fraction of sp³-hybridized carbons (Fsp3) is 0.207. The van der Waals surface area contributed by atoms with Gasteiger partial charge < -0.3 is 14.5 Å². The van der Waals surface area contributed by atoms with Crippen LogP contribution in [0.1, 0.15) is 36.1 Å². The van der Waals surface area contributed by atoms with Gasteiger partial charge in [-0.2, -0.15) is 0 Å². The molecular weight excluding hydrogens is 540 g/mol. The molecule has 12 heteroatoms. The molecule has 0 saturated carbocycles. The van der Waals surface area contributed by atoms with E-state index in [1.807, 2.05) is 0 Å². The third-order valence-electron chi connectivity index (χ3n) is 6.97. The average molecular weight is 565 g/mol. The van der Waals surface area contributed by atoms with Crippen LogP contribution in [-0.4, -0.2) is 24.1 Å². The minimum absolute atomic E-state index is 0.251. The van der Waals surface area contributed by atoms with Crippen LogP contribution in [0.5, 0.6) is 0 Å². The summed E-state index contributed by atoms with van der Waals surface area (Å²) in [5.41, 5.74) is 0.801. The topological polar surface area (TPSA) is 94.7 Å². The van der Waals surface area contributed by atoms with Gasteiger partial charge in [-0.05, 0) is 54.6 Å². The van der Waals surface area contributed by atoms with Gasteiger partial charge in [0.15, 0.2) is 17.5 Å². The molecule has 5 aromatic rings. The number of anilines is 1. The maximum Gasteiger partial charge on any atom is 0.269 e. The van der Waals surface area contributed by atoms with Crippen LogP contribution in [0.4, 0.5) is 23.2 Å². The smallest absolute Gasteiger partial charge is 0.269 e. The Labute approximate surface area is 231 Å². The number of nitrogens with one attached hydrogen (secondary N) is 1. The van der Waals surface area contributed by atoms with Crippen LogP contribution in [-0.2, 0) is 14.1 Å². The molecule has 5 rings (SSSR count). The summed E-state index contributed by atoms with van der Waals surface area (Å²) in [6.07, 6.45) is 2.44. The lowest BCUT2D eigenvalue weighted by molar-refractivity contribution is 0.146. The predicted molar refractivity (Wildman–Crippen MR) is 147 cm³/mol. The van der Waals surface area contributed by atoms with Crippen LogP contribution in [0.25, 0.3) is 33.5 Å². The number of pyridine rings is 1. The van der Waals surface area contributed by atoms with Crippen molar-refractivity contribution in [1.82, 2.24) is 24.1 Å². The largest absolute Gasteiger partial charge is 0.378 e. The molecule has 0 amide bonds. The maximum absolute atomic E-state index is 14.2. The fourth-order valence-electron chi connectivity index (χ4n) is 4.80. The molecule has 0 radical (unpaired) electrons. The van der Waals surface area contributed by atoms with Crippen LogP contribution >= 0.6 is 0 Å². The summed E-state index contributed by atoms with van der Waals surface area (Å²) in [5, 5.41) is 3.80. The van der Waals surface area contributed by atoms with Gasteiger partial charge in [-0.3, -0.25) is 14.6 Å². The number of alkyl halides is 2. The summed E-state index contributed by atoms with van der Waals surface area (Å²) >= 11 is 0. The summed E-state index contributed by atoms with van der Waals surface area (Å²) < 4.78 is 58.0. The molecule has 41 heavy (non-hydrogen) atoms. The SMILES string of the molecule is Cc1cc([C@@H](C)Nc2ccc(F)c(F)c2C(F)F)c2cc(-c3cnc(-c4cncc(=O)n4C)nc3)n(C)c(=O)c2c1. The number of nitrogens with zero attached hydrogens (tertiary/aromatic N) is 5. The van der Waals surface area contributed by atoms with Gasteiger partial charge in [0.25, 0.3) is 17.5 Å². The highest BCUT2D eigenvalue weighted by molar-refractivity contribution is 5.89. The van der Waals surface area contributed by atoms with Gasteiger partial charge in [0.1, 0.15) is 5.69 Å². The second-order valence-corrected chi connectivity index (χ2v) is 9.68. The monoisotopic (exact) mass is 564 g/mol. The number of fused-ring (bicyclic) bond motifs is 1. The van der Waals surface area contributed by atoms with Crippen molar-refractivity contribution in [3.8, 4) is 22.8 Å². The molecule has 0 aliphatic heterocycles. The van der Waals surface area contributed by atoms with Crippen LogP contribution in [0, 0.1) is 18.6 Å². The quantitative estimate of drug-likeness (QED) is 0.276. The van der Waals surface area contributed by atoms with Gasteiger partial charge in [0, 0.05) is 49.2 Å². The molecule has 0 aliphatic carbocycles. The van der Waals surface area contributed by atoms with Gasteiger partial charge in [0.2, 0.25) is 0 Å². The first-order chi connectivity index (χ1) is 19.5. The number of benzene rings is 2. The van der Waals surface area contributed by atoms with Crippen molar-refractivity contribution >= 4 is 16.5 Å². The number of halogens is 4. The molecule has 8 nitrogen and oxygen atoms in total. The van der Waals surface area contributed by atoms with Gasteiger partial charge >= 0.3 is 0 Å². The summed E-state index contributed by atoms with van der Waals surface area (Å²) in [4.78, 5) is 38.1. The van der Waals surface area contributed by atoms with Crippen molar-refractivity contribution in [2.75, 3.05) is 5.32 Å². The van der Waals surface area contributed by atoms with E-state index in [0.717, 1.165) is 17.7 Å². The molecule has 0 bridgehead atoms. The van der Waals surface area contributed by atoms with E-state index in [1.165, 1.54) is 33.9 Å². The van der Waals surface area contributed by atoms with E-state index in [9.17, 15) is 27.2 Å². The number of rotatable bonds is 6. The zero-order chi connectivity index (χ0) is 29.6. The van der Waals surface area contributed by atoms with E-state index in [-0.39, 0.29) is 22.6 Å². The molecule has 0 spiro atoms. The fourth-order valence-corrected chi connectivity index (χ4v) is 4.80. The second kappa shape index (κ2) is 10.6. The molecule has 0 aliphatic rings. The van der Waals surface area contributed by atoms with Crippen molar-refractivity contribution < 1.29 is 17.6 Å². The molecule has 210 valence electrons. The van der Waals surface area contributed by atoms with Crippen LogP contribution in [0.15, 0.2) is 64.7 Å². The lowest BCUT2D eigenvalue weighted by Gasteiger charge is -2.22. The first-order valence-electron chi connectivity index (χ1n) is 12.5. The average Bonchev–Trinajstić information content (AvgIpc) is 2.94. The van der Waals surface area contributed by atoms with Crippen LogP contribution < -0.4 is 16.4 Å². The Morgan fingerprint density at radius 1 is 0.878 bits per heavy atom. The molecule has 3 aromatic heterocycles. The van der Waals surface area contributed by atoms with E-state index >= 15 is 0 Å². The van der Waals surface area contributed by atoms with Gasteiger partial charge in [0.05, 0.1) is 23.7 Å². The standard InChI is InChI=1S/C29H24F4N6O2/c1-14-7-17(15(2)37-21-6-5-20(30)26(31)25(21)27(32)33)18-9-22(39(4)29(41)19(18)8-14)16-10-35-28(36-11-16)23-12-34-13-24(40)38(23)3/h5-13,15,27,37H,1-4H3/t15-/m1/s1. The Balaban J connectivity index is 1.61. The lowest BCUT2D eigenvalue weighted by atomic mass is 9.96. The Morgan fingerprint density at radius 3 is 2.27 bits per heavy atom. The van der Waals surface area contributed by atoms with E-state index in [1.54, 1.807) is 46.1 Å². The van der Waals surface area contributed by atoms with Crippen molar-refractivity contribution in [3.05, 3.63) is 104 Å². The molecule has 2 aromatic carbocycles. The zero-order valence-electron chi connectivity index (χ0n) is 22.4. The van der Waals surface area contributed by atoms with Crippen molar-refractivity contribution in [1.29, 1.82) is 0 Å². The van der Waals surface area contributed by atoms with E-state index in [0.29, 0.717) is 33.3 Å². The second-order valence-electron chi connectivity index (χ2n) is 9.68. The first-order valence-corrected chi connectivity index (χ1v) is 12.5. The summed E-state index contributed by atoms with van der Waals surface area (Å²) in [5.74, 6) is -2.72. The Bertz CT molecular complexity index is 1920. The molecule has 1 atom stereocenters. The highest BCUT2D eigenvalue weighted by Crippen LogP contribution is 2.35. The third kappa shape index (κ3) is 4.96. The Hall–Kier alpha value is -4.87. The van der Waals surface area contributed by atoms with E-state index in [4.69, 9.17) is 0 Å². The number of aryl methyl sites for hydroxylation is 1. The third-order valence-corrected chi connectivity index (χ3v) is 6.97. The molecule has 1 N–H and O–H groups in total.